The van der Waals surface area contributed by atoms with Crippen molar-refractivity contribution in [3.63, 3.8) is 0 Å². The Morgan fingerprint density at radius 2 is 2.05 bits per heavy atom. The van der Waals surface area contributed by atoms with Gasteiger partial charge in [-0.05, 0) is 37.5 Å². The Morgan fingerprint density at radius 3 is 2.76 bits per heavy atom. The number of aliphatic imine (C=N–C) groups is 1. The van der Waals surface area contributed by atoms with Crippen molar-refractivity contribution < 1.29 is 9.47 Å². The molecule has 1 aromatic rings. The number of nitrogens with zero attached hydrogens (tertiary/aromatic N) is 1. The molecule has 21 heavy (non-hydrogen) atoms. The van der Waals surface area contributed by atoms with E-state index in [2.05, 4.69) is 10.3 Å². The topological polar surface area (TPSA) is 68.9 Å². The van der Waals surface area contributed by atoms with Gasteiger partial charge in [0, 0.05) is 25.9 Å². The third kappa shape index (κ3) is 10.5. The Balaban J connectivity index is 0.00000400. The predicted octanol–water partition coefficient (Wildman–Crippen LogP) is 2.78. The van der Waals surface area contributed by atoms with Crippen LogP contribution in [0.3, 0.4) is 0 Å². The fraction of sp³-hybridized carbons (Fsp3) is 0.533. The van der Waals surface area contributed by atoms with E-state index in [-0.39, 0.29) is 24.0 Å². The lowest BCUT2D eigenvalue weighted by molar-refractivity contribution is 0.0690. The van der Waals surface area contributed by atoms with E-state index in [0.29, 0.717) is 25.7 Å². The summed E-state index contributed by atoms with van der Waals surface area (Å²) in [5.74, 6) is 0.455. The highest BCUT2D eigenvalue weighted by Gasteiger charge is 1.95. The van der Waals surface area contributed by atoms with E-state index in [4.69, 9.17) is 15.2 Å². The van der Waals surface area contributed by atoms with Gasteiger partial charge in [-0.3, -0.25) is 4.99 Å². The van der Waals surface area contributed by atoms with E-state index >= 15 is 0 Å². The van der Waals surface area contributed by atoms with Gasteiger partial charge >= 0.3 is 0 Å². The molecule has 0 aliphatic heterocycles. The molecule has 0 bridgehead atoms. The lowest BCUT2D eigenvalue weighted by Crippen LogP contribution is -2.22. The fourth-order valence-electron chi connectivity index (χ4n) is 1.67. The Hall–Kier alpha value is -0.860. The highest BCUT2D eigenvalue weighted by Crippen LogP contribution is 2.08. The Kier molecular flexibility index (Phi) is 12.3. The van der Waals surface area contributed by atoms with Gasteiger partial charge in [0.25, 0.3) is 0 Å². The molecule has 0 saturated heterocycles. The number of nitrogens with two attached hydrogens (primary N) is 1. The quantitative estimate of drug-likeness (QED) is 0.286. The molecule has 0 spiro atoms. The van der Waals surface area contributed by atoms with Crippen LogP contribution in [0, 0.1) is 6.92 Å². The Bertz CT molecular complexity index is 414. The van der Waals surface area contributed by atoms with Crippen LogP contribution < -0.4 is 11.1 Å². The van der Waals surface area contributed by atoms with Crippen molar-refractivity contribution in [3.8, 4) is 0 Å². The van der Waals surface area contributed by atoms with Gasteiger partial charge in [0.05, 0.1) is 13.2 Å². The number of guanidine groups is 1. The zero-order valence-corrected chi connectivity index (χ0v) is 15.1. The average Bonchev–Trinajstić information content (AvgIpc) is 2.42. The molecule has 120 valence electrons. The van der Waals surface area contributed by atoms with Crippen molar-refractivity contribution in [2.75, 3.05) is 38.8 Å². The minimum absolute atomic E-state index is 0. The predicted molar refractivity (Wildman–Crippen MR) is 98.6 cm³/mol. The highest BCUT2D eigenvalue weighted by molar-refractivity contribution is 14.0. The molecule has 0 saturated carbocycles. The molecule has 0 amide bonds. The molecule has 0 heterocycles. The molecule has 0 fully saturated rings. The molecular weight excluding hydrogens is 381 g/mol. The first-order chi connectivity index (χ1) is 9.72. The van der Waals surface area contributed by atoms with Gasteiger partial charge in [0.15, 0.2) is 5.96 Å². The van der Waals surface area contributed by atoms with Crippen LogP contribution in [0.4, 0.5) is 5.69 Å². The van der Waals surface area contributed by atoms with Crippen LogP contribution in [-0.2, 0) is 9.47 Å². The van der Waals surface area contributed by atoms with E-state index in [0.717, 1.165) is 25.1 Å². The minimum atomic E-state index is 0. The van der Waals surface area contributed by atoms with Crippen LogP contribution in [0.5, 0.6) is 0 Å². The summed E-state index contributed by atoms with van der Waals surface area (Å²) in [7, 11) is 1.67. The fourth-order valence-corrected chi connectivity index (χ4v) is 1.67. The van der Waals surface area contributed by atoms with Crippen molar-refractivity contribution in [3.05, 3.63) is 29.8 Å². The lowest BCUT2D eigenvalue weighted by atomic mass is 10.2. The largest absolute Gasteiger partial charge is 0.382 e. The summed E-state index contributed by atoms with van der Waals surface area (Å²) in [6.07, 6.45) is 1.94. The van der Waals surface area contributed by atoms with Crippen molar-refractivity contribution in [2.45, 2.75) is 19.8 Å². The molecule has 0 unspecified atom stereocenters. The first-order valence-corrected chi connectivity index (χ1v) is 6.92. The molecule has 0 aliphatic carbocycles. The average molecular weight is 407 g/mol. The maximum Gasteiger partial charge on any atom is 0.193 e. The molecular formula is C15H26IN3O2. The molecule has 3 N–H and O–H groups in total. The standard InChI is InChI=1S/C15H25N3O2.HI/c1-13-6-5-7-14(12-13)18-15(16)17-8-3-4-9-20-11-10-19-2;/h5-7,12H,3-4,8-11H2,1-2H3,(H3,16,17,18);1H. The summed E-state index contributed by atoms with van der Waals surface area (Å²) in [6, 6.07) is 8.04. The molecule has 1 rings (SSSR count). The van der Waals surface area contributed by atoms with Crippen LogP contribution in [0.1, 0.15) is 18.4 Å². The van der Waals surface area contributed by atoms with Crippen molar-refractivity contribution in [2.24, 2.45) is 10.7 Å². The number of halogens is 1. The van der Waals surface area contributed by atoms with Crippen LogP contribution in [0.25, 0.3) is 0 Å². The minimum Gasteiger partial charge on any atom is -0.382 e. The summed E-state index contributed by atoms with van der Waals surface area (Å²) in [4.78, 5) is 4.29. The SMILES string of the molecule is COCCOCCCCN=C(N)Nc1cccc(C)c1.I. The maximum absolute atomic E-state index is 5.83. The van der Waals surface area contributed by atoms with Crippen molar-refractivity contribution in [1.82, 2.24) is 0 Å². The summed E-state index contributed by atoms with van der Waals surface area (Å²) >= 11 is 0. The normalized spacial score (nSPS) is 11.0. The van der Waals surface area contributed by atoms with Gasteiger partial charge in [0.2, 0.25) is 0 Å². The third-order valence-electron chi connectivity index (χ3n) is 2.70. The zero-order valence-electron chi connectivity index (χ0n) is 12.8. The van der Waals surface area contributed by atoms with E-state index in [9.17, 15) is 0 Å². The number of benzene rings is 1. The Labute approximate surface area is 144 Å². The second-order valence-corrected chi connectivity index (χ2v) is 4.57. The molecule has 0 aromatic heterocycles. The number of aryl methyl sites for hydroxylation is 1. The van der Waals surface area contributed by atoms with Crippen LogP contribution in [0.15, 0.2) is 29.3 Å². The molecule has 6 heteroatoms. The third-order valence-corrected chi connectivity index (χ3v) is 2.70. The molecule has 0 atom stereocenters. The van der Waals surface area contributed by atoms with Crippen LogP contribution >= 0.6 is 24.0 Å². The van der Waals surface area contributed by atoms with Gasteiger partial charge in [-0.15, -0.1) is 24.0 Å². The smallest absolute Gasteiger partial charge is 0.193 e. The number of nitrogens with one attached hydrogen (secondary N) is 1. The lowest BCUT2D eigenvalue weighted by Gasteiger charge is -2.06. The van der Waals surface area contributed by atoms with E-state index in [1.54, 1.807) is 7.11 Å². The number of hydrogen-bond donors (Lipinski definition) is 2. The molecule has 0 radical (unpaired) electrons. The van der Waals surface area contributed by atoms with Gasteiger partial charge in [-0.1, -0.05) is 12.1 Å². The number of unbranched alkanes of at least 4 members (excludes halogenated alkanes) is 1. The van der Waals surface area contributed by atoms with Crippen molar-refractivity contribution in [1.29, 1.82) is 0 Å². The van der Waals surface area contributed by atoms with Gasteiger partial charge < -0.3 is 20.5 Å². The summed E-state index contributed by atoms with van der Waals surface area (Å²) in [5, 5.41) is 3.08. The number of hydrogen-bond acceptors (Lipinski definition) is 3. The maximum atomic E-state index is 5.83. The number of rotatable bonds is 9. The molecule has 0 aliphatic rings. The monoisotopic (exact) mass is 407 g/mol. The van der Waals surface area contributed by atoms with Crippen LogP contribution in [-0.4, -0.2) is 39.4 Å². The van der Waals surface area contributed by atoms with E-state index in [1.807, 2.05) is 31.2 Å². The first kappa shape index (κ1) is 20.1. The summed E-state index contributed by atoms with van der Waals surface area (Å²) in [5.41, 5.74) is 7.98. The number of anilines is 1. The van der Waals surface area contributed by atoms with Crippen molar-refractivity contribution >= 4 is 35.6 Å². The van der Waals surface area contributed by atoms with E-state index < -0.39 is 0 Å². The number of methoxy groups -OCH3 is 1. The van der Waals surface area contributed by atoms with E-state index in [1.165, 1.54) is 5.56 Å². The summed E-state index contributed by atoms with van der Waals surface area (Å²) in [6.45, 7) is 4.78. The molecule has 1 aromatic carbocycles. The second-order valence-electron chi connectivity index (χ2n) is 4.57. The van der Waals surface area contributed by atoms with Gasteiger partial charge in [-0.2, -0.15) is 0 Å². The van der Waals surface area contributed by atoms with Gasteiger partial charge in [0.1, 0.15) is 0 Å². The highest BCUT2D eigenvalue weighted by atomic mass is 127. The van der Waals surface area contributed by atoms with Crippen LogP contribution in [0.2, 0.25) is 0 Å². The second kappa shape index (κ2) is 12.8. The zero-order chi connectivity index (χ0) is 14.6. The number of ether oxygens (including phenoxy) is 2. The summed E-state index contributed by atoms with van der Waals surface area (Å²) < 4.78 is 10.3. The first-order valence-electron chi connectivity index (χ1n) is 6.92. The molecule has 5 nitrogen and oxygen atoms in total. The Morgan fingerprint density at radius 1 is 1.24 bits per heavy atom. The van der Waals surface area contributed by atoms with Gasteiger partial charge in [-0.25, -0.2) is 0 Å².